The third kappa shape index (κ3) is 3.29. The van der Waals surface area contributed by atoms with Crippen molar-refractivity contribution in [2.75, 3.05) is 31.6 Å². The zero-order valence-electron chi connectivity index (χ0n) is 15.6. The number of oxazole rings is 1. The summed E-state index contributed by atoms with van der Waals surface area (Å²) in [7, 11) is 2.10. The van der Waals surface area contributed by atoms with Gasteiger partial charge in [-0.05, 0) is 38.4 Å². The highest BCUT2D eigenvalue weighted by Gasteiger charge is 2.26. The molecule has 4 rings (SSSR count). The predicted molar refractivity (Wildman–Crippen MR) is 102 cm³/mol. The van der Waals surface area contributed by atoms with Crippen LogP contribution in [0.25, 0.3) is 11.2 Å². The van der Waals surface area contributed by atoms with Crippen molar-refractivity contribution in [1.82, 2.24) is 19.9 Å². The number of benzene rings is 1. The molecule has 1 aromatic carbocycles. The molecule has 136 valence electrons. The van der Waals surface area contributed by atoms with E-state index < -0.39 is 0 Å². The van der Waals surface area contributed by atoms with Crippen molar-refractivity contribution < 1.29 is 4.42 Å². The van der Waals surface area contributed by atoms with Gasteiger partial charge in [0.2, 0.25) is 0 Å². The number of fused-ring (bicyclic) bond motifs is 1. The summed E-state index contributed by atoms with van der Waals surface area (Å²) in [5.41, 5.74) is 2.58. The van der Waals surface area contributed by atoms with Gasteiger partial charge in [0.05, 0.1) is 6.04 Å². The number of hydrogen-bond donors (Lipinski definition) is 0. The molecular formula is C20H25N5O. The second kappa shape index (κ2) is 7.03. The van der Waals surface area contributed by atoms with Crippen LogP contribution in [0.1, 0.15) is 36.2 Å². The van der Waals surface area contributed by atoms with E-state index in [1.807, 2.05) is 13.8 Å². The number of likely N-dealkylation sites (tertiary alicyclic amines) is 1. The molecule has 0 radical (unpaired) electrons. The Morgan fingerprint density at radius 3 is 2.54 bits per heavy atom. The van der Waals surface area contributed by atoms with E-state index in [1.54, 1.807) is 0 Å². The van der Waals surface area contributed by atoms with Crippen LogP contribution in [0.5, 0.6) is 0 Å². The van der Waals surface area contributed by atoms with E-state index in [0.717, 1.165) is 17.9 Å². The smallest absolute Gasteiger partial charge is 0.252 e. The highest BCUT2D eigenvalue weighted by Crippen LogP contribution is 2.31. The molecule has 1 unspecified atom stereocenters. The molecule has 6 heteroatoms. The van der Waals surface area contributed by atoms with Gasteiger partial charge >= 0.3 is 0 Å². The van der Waals surface area contributed by atoms with Gasteiger partial charge in [-0.25, -0.2) is 9.97 Å². The topological polar surface area (TPSA) is 58.3 Å². The molecule has 1 aliphatic heterocycles. The quantitative estimate of drug-likeness (QED) is 0.701. The lowest BCUT2D eigenvalue weighted by molar-refractivity contribution is 0.312. The molecule has 1 fully saturated rings. The fourth-order valence-corrected chi connectivity index (χ4v) is 3.75. The lowest BCUT2D eigenvalue weighted by Crippen LogP contribution is -2.35. The molecule has 0 saturated carbocycles. The van der Waals surface area contributed by atoms with Crippen molar-refractivity contribution >= 4 is 17.0 Å². The van der Waals surface area contributed by atoms with Crippen molar-refractivity contribution in [3.8, 4) is 0 Å². The van der Waals surface area contributed by atoms with Crippen LogP contribution in [0.4, 0.5) is 5.82 Å². The van der Waals surface area contributed by atoms with E-state index in [1.165, 1.54) is 31.5 Å². The zero-order valence-corrected chi connectivity index (χ0v) is 15.6. The number of aromatic nitrogens is 3. The van der Waals surface area contributed by atoms with Crippen molar-refractivity contribution in [1.29, 1.82) is 0 Å². The normalized spacial score (nSPS) is 16.3. The predicted octanol–water partition coefficient (Wildman–Crippen LogP) is 3.51. The largest absolute Gasteiger partial charge is 0.422 e. The van der Waals surface area contributed by atoms with Crippen molar-refractivity contribution in [2.24, 2.45) is 0 Å². The number of rotatable bonds is 5. The number of likely N-dealkylation sites (N-methyl/N-ethyl adjacent to an activating group) is 1. The van der Waals surface area contributed by atoms with E-state index in [-0.39, 0.29) is 6.04 Å². The molecule has 26 heavy (non-hydrogen) atoms. The first-order valence-electron chi connectivity index (χ1n) is 9.24. The molecule has 0 spiro atoms. The summed E-state index contributed by atoms with van der Waals surface area (Å²) in [5.74, 6) is 2.14. The monoisotopic (exact) mass is 351 g/mol. The standard InChI is InChI=1S/C20H25N5O/c1-14-21-19(18-20(22-14)26-15(2)23-18)24(3)17(13-25-11-7-8-12-25)16-9-5-4-6-10-16/h4-6,9-10,17H,7-8,11-13H2,1-3H3. The van der Waals surface area contributed by atoms with Crippen LogP contribution in [0.3, 0.4) is 0 Å². The molecule has 6 nitrogen and oxygen atoms in total. The minimum atomic E-state index is 0.198. The van der Waals surface area contributed by atoms with Crippen LogP contribution in [0.15, 0.2) is 34.7 Å². The Morgan fingerprint density at radius 2 is 1.81 bits per heavy atom. The zero-order chi connectivity index (χ0) is 18.1. The summed E-state index contributed by atoms with van der Waals surface area (Å²) in [6.45, 7) is 7.05. The van der Waals surface area contributed by atoms with E-state index in [9.17, 15) is 0 Å². The fraction of sp³-hybridized carbons (Fsp3) is 0.450. The van der Waals surface area contributed by atoms with Gasteiger partial charge < -0.3 is 14.2 Å². The molecule has 0 amide bonds. The van der Waals surface area contributed by atoms with Gasteiger partial charge in [-0.2, -0.15) is 4.98 Å². The van der Waals surface area contributed by atoms with Gasteiger partial charge in [-0.1, -0.05) is 30.3 Å². The minimum absolute atomic E-state index is 0.198. The van der Waals surface area contributed by atoms with Crippen LogP contribution in [-0.4, -0.2) is 46.5 Å². The van der Waals surface area contributed by atoms with E-state index >= 15 is 0 Å². The van der Waals surface area contributed by atoms with E-state index in [4.69, 9.17) is 9.40 Å². The molecular weight excluding hydrogens is 326 g/mol. The Bertz CT molecular complexity index is 886. The first kappa shape index (κ1) is 17.0. The van der Waals surface area contributed by atoms with Gasteiger partial charge in [0.15, 0.2) is 17.2 Å². The first-order valence-corrected chi connectivity index (χ1v) is 9.24. The summed E-state index contributed by atoms with van der Waals surface area (Å²) in [4.78, 5) is 18.4. The SMILES string of the molecule is Cc1nc(N(C)C(CN2CCCC2)c2ccccc2)c2nc(C)oc2n1. The highest BCUT2D eigenvalue weighted by atomic mass is 16.4. The van der Waals surface area contributed by atoms with Crippen molar-refractivity contribution in [3.05, 3.63) is 47.6 Å². The maximum absolute atomic E-state index is 5.66. The summed E-state index contributed by atoms with van der Waals surface area (Å²) in [6, 6.07) is 10.8. The molecule has 0 bridgehead atoms. The molecule has 1 saturated heterocycles. The molecule has 3 heterocycles. The van der Waals surface area contributed by atoms with Gasteiger partial charge in [0.25, 0.3) is 5.71 Å². The second-order valence-corrected chi connectivity index (χ2v) is 7.03. The fourth-order valence-electron chi connectivity index (χ4n) is 3.75. The van der Waals surface area contributed by atoms with E-state index in [0.29, 0.717) is 17.4 Å². The Hall–Kier alpha value is -2.47. The van der Waals surface area contributed by atoms with Gasteiger partial charge in [0.1, 0.15) is 5.82 Å². The summed E-state index contributed by atoms with van der Waals surface area (Å²) < 4.78 is 5.66. The number of aryl methyl sites for hydroxylation is 2. The van der Waals surface area contributed by atoms with E-state index in [2.05, 4.69) is 57.1 Å². The molecule has 0 N–H and O–H groups in total. The van der Waals surface area contributed by atoms with Crippen molar-refractivity contribution in [2.45, 2.75) is 32.7 Å². The second-order valence-electron chi connectivity index (χ2n) is 7.03. The summed E-state index contributed by atoms with van der Waals surface area (Å²) >= 11 is 0. The summed E-state index contributed by atoms with van der Waals surface area (Å²) in [5, 5.41) is 0. The average Bonchev–Trinajstić information content (AvgIpc) is 3.27. The molecule has 1 aliphatic rings. The number of hydrogen-bond acceptors (Lipinski definition) is 6. The Kier molecular flexibility index (Phi) is 4.59. The minimum Gasteiger partial charge on any atom is -0.422 e. The van der Waals surface area contributed by atoms with Crippen molar-refractivity contribution in [3.63, 3.8) is 0 Å². The Balaban J connectivity index is 1.75. The Morgan fingerprint density at radius 1 is 1.08 bits per heavy atom. The highest BCUT2D eigenvalue weighted by molar-refractivity contribution is 5.82. The average molecular weight is 351 g/mol. The molecule has 2 aromatic heterocycles. The van der Waals surface area contributed by atoms with Gasteiger partial charge in [-0.15, -0.1) is 0 Å². The maximum atomic E-state index is 5.66. The summed E-state index contributed by atoms with van der Waals surface area (Å²) in [6.07, 6.45) is 2.56. The third-order valence-electron chi connectivity index (χ3n) is 5.07. The van der Waals surface area contributed by atoms with Crippen LogP contribution >= 0.6 is 0 Å². The van der Waals surface area contributed by atoms with Gasteiger partial charge in [0, 0.05) is 20.5 Å². The molecule has 3 aromatic rings. The van der Waals surface area contributed by atoms with Crippen LogP contribution in [0.2, 0.25) is 0 Å². The van der Waals surface area contributed by atoms with Crippen LogP contribution in [0, 0.1) is 13.8 Å². The van der Waals surface area contributed by atoms with Crippen LogP contribution in [-0.2, 0) is 0 Å². The Labute approximate surface area is 153 Å². The number of anilines is 1. The van der Waals surface area contributed by atoms with Gasteiger partial charge in [-0.3, -0.25) is 0 Å². The maximum Gasteiger partial charge on any atom is 0.252 e. The number of nitrogens with zero attached hydrogens (tertiary/aromatic N) is 5. The third-order valence-corrected chi connectivity index (χ3v) is 5.07. The lowest BCUT2D eigenvalue weighted by Gasteiger charge is -2.32. The molecule has 0 aliphatic carbocycles. The van der Waals surface area contributed by atoms with Crippen LogP contribution < -0.4 is 4.90 Å². The lowest BCUT2D eigenvalue weighted by atomic mass is 10.0. The first-order chi connectivity index (χ1) is 12.6. The molecule has 1 atom stereocenters.